The number of carbonyl (C=O) groups is 2. The molecule has 1 aliphatic heterocycles. The second kappa shape index (κ2) is 6.48. The molecule has 9 heteroatoms. The van der Waals surface area contributed by atoms with Gasteiger partial charge >= 0.3 is 29.6 Å². The average molecular weight is 270 g/mol. The van der Waals surface area contributed by atoms with Crippen LogP contribution >= 0.6 is 0 Å². The Morgan fingerprint density at radius 3 is 2.47 bits per heavy atom. The molecule has 1 atom stereocenters. The van der Waals surface area contributed by atoms with Crippen molar-refractivity contribution in [3.8, 4) is 0 Å². The number of unbranched alkanes of at least 4 members (excludes halogenated alkanes) is 1. The minimum Gasteiger partial charge on any atom is -0.846 e. The van der Waals surface area contributed by atoms with Gasteiger partial charge in [-0.25, -0.2) is 13.4 Å². The number of amides is 2. The molecule has 17 heavy (non-hydrogen) atoms. The molecule has 1 unspecified atom stereocenters. The normalized spacial score (nSPS) is 20.3. The molecule has 1 N–H and O–H groups in total. The smallest absolute Gasteiger partial charge is 0.846 e. The molecule has 0 spiro atoms. The van der Waals surface area contributed by atoms with Gasteiger partial charge in [0.15, 0.2) is 9.84 Å². The Bertz CT molecular complexity index is 445. The van der Waals surface area contributed by atoms with Gasteiger partial charge < -0.3 is 10.4 Å². The van der Waals surface area contributed by atoms with Gasteiger partial charge in [-0.1, -0.05) is 13.3 Å². The van der Waals surface area contributed by atoms with E-state index in [0.717, 1.165) is 0 Å². The van der Waals surface area contributed by atoms with Crippen LogP contribution in [-0.2, 0) is 19.4 Å². The Kier molecular flexibility index (Phi) is 6.31. The van der Waals surface area contributed by atoms with E-state index < -0.39 is 32.9 Å². The van der Waals surface area contributed by atoms with Crippen LogP contribution in [0.2, 0.25) is 0 Å². The third-order valence-electron chi connectivity index (χ3n) is 2.05. The molecule has 0 aromatic carbocycles. The standard InChI is InChI=1S/C8H12N2O5S.Na/c1-2-3-4-16(14,15)5-6(11)9-8(13)10-7(5)12;/h5H,2-4H2,1H3,(H2,9,10,11,12,13);/q;+1/p-1. The Labute approximate surface area is 121 Å². The summed E-state index contributed by atoms with van der Waals surface area (Å²) >= 11 is 0. The summed E-state index contributed by atoms with van der Waals surface area (Å²) in [6.45, 7) is 1.78. The van der Waals surface area contributed by atoms with Crippen LogP contribution in [0.1, 0.15) is 19.8 Å². The van der Waals surface area contributed by atoms with Gasteiger partial charge in [0.05, 0.1) is 11.8 Å². The first-order valence-corrected chi connectivity index (χ1v) is 6.42. The topological polar surface area (TPSA) is 116 Å². The summed E-state index contributed by atoms with van der Waals surface area (Å²) in [5, 5.41) is 10.5. The van der Waals surface area contributed by atoms with Gasteiger partial charge in [0.2, 0.25) is 5.25 Å². The third kappa shape index (κ3) is 4.06. The summed E-state index contributed by atoms with van der Waals surface area (Å²) in [6.07, 6.45) is 0.977. The zero-order chi connectivity index (χ0) is 12.3. The fourth-order valence-electron chi connectivity index (χ4n) is 1.25. The largest absolute Gasteiger partial charge is 1.00 e. The van der Waals surface area contributed by atoms with Gasteiger partial charge in [0, 0.05) is 0 Å². The van der Waals surface area contributed by atoms with Crippen molar-refractivity contribution in [2.24, 2.45) is 4.99 Å². The molecule has 0 aromatic rings. The minimum atomic E-state index is -3.87. The van der Waals surface area contributed by atoms with Gasteiger partial charge in [-0.15, -0.1) is 0 Å². The van der Waals surface area contributed by atoms with Crippen LogP contribution in [0.5, 0.6) is 0 Å². The molecular weight excluding hydrogens is 259 g/mol. The molecule has 1 aliphatic rings. The van der Waals surface area contributed by atoms with Gasteiger partial charge in [0.25, 0.3) is 11.8 Å². The van der Waals surface area contributed by atoms with Gasteiger partial charge in [-0.3, -0.25) is 9.59 Å². The fraction of sp³-hybridized carbons (Fsp3) is 0.625. The molecule has 0 aromatic heterocycles. The van der Waals surface area contributed by atoms with E-state index in [9.17, 15) is 23.1 Å². The van der Waals surface area contributed by atoms with Crippen molar-refractivity contribution in [3.63, 3.8) is 0 Å². The maximum Gasteiger partial charge on any atom is 1.00 e. The van der Waals surface area contributed by atoms with E-state index in [2.05, 4.69) is 4.99 Å². The molecular formula is C8H11N2NaO5S. The second-order valence-electron chi connectivity index (χ2n) is 3.35. The van der Waals surface area contributed by atoms with E-state index in [1.807, 2.05) is 0 Å². The van der Waals surface area contributed by atoms with Crippen molar-refractivity contribution in [1.29, 1.82) is 0 Å². The molecule has 0 radical (unpaired) electrons. The average Bonchev–Trinajstić information content (AvgIpc) is 2.12. The SMILES string of the molecule is CCCCS(=O)(=O)C1C(=O)N=C([O-])NC1=O.[Na+]. The van der Waals surface area contributed by atoms with Crippen molar-refractivity contribution in [2.45, 2.75) is 25.0 Å². The second-order valence-corrected chi connectivity index (χ2v) is 5.55. The molecule has 0 saturated carbocycles. The van der Waals surface area contributed by atoms with Crippen LogP contribution in [0, 0.1) is 0 Å². The molecule has 2 amide bonds. The van der Waals surface area contributed by atoms with Crippen molar-refractivity contribution < 1.29 is 52.7 Å². The Balaban J connectivity index is 0.00000256. The Morgan fingerprint density at radius 1 is 1.41 bits per heavy atom. The number of carbonyl (C=O) groups excluding carboxylic acids is 2. The quantitative estimate of drug-likeness (QED) is 0.405. The molecule has 90 valence electrons. The van der Waals surface area contributed by atoms with Gasteiger partial charge in [-0.05, 0) is 6.42 Å². The monoisotopic (exact) mass is 270 g/mol. The van der Waals surface area contributed by atoms with E-state index in [4.69, 9.17) is 0 Å². The van der Waals surface area contributed by atoms with E-state index in [1.165, 1.54) is 0 Å². The van der Waals surface area contributed by atoms with Crippen LogP contribution in [-0.4, -0.2) is 37.3 Å². The molecule has 1 rings (SSSR count). The summed E-state index contributed by atoms with van der Waals surface area (Å²) in [5.41, 5.74) is 0. The summed E-state index contributed by atoms with van der Waals surface area (Å²) in [4.78, 5) is 25.3. The maximum atomic E-state index is 11.6. The van der Waals surface area contributed by atoms with E-state index in [0.29, 0.717) is 12.8 Å². The van der Waals surface area contributed by atoms with Crippen molar-refractivity contribution in [2.75, 3.05) is 5.75 Å². The zero-order valence-corrected chi connectivity index (χ0v) is 12.4. The molecule has 0 bridgehead atoms. The molecule has 1 heterocycles. The van der Waals surface area contributed by atoms with Crippen LogP contribution in [0.3, 0.4) is 0 Å². The number of hydrogen-bond acceptors (Lipinski definition) is 5. The Morgan fingerprint density at radius 2 is 2.00 bits per heavy atom. The molecule has 0 aliphatic carbocycles. The van der Waals surface area contributed by atoms with E-state index in [1.54, 1.807) is 12.2 Å². The fourth-order valence-corrected chi connectivity index (χ4v) is 2.92. The van der Waals surface area contributed by atoms with Crippen LogP contribution in [0.25, 0.3) is 0 Å². The third-order valence-corrected chi connectivity index (χ3v) is 4.04. The molecule has 7 nitrogen and oxygen atoms in total. The minimum absolute atomic E-state index is 0. The molecule has 0 saturated heterocycles. The van der Waals surface area contributed by atoms with Crippen LogP contribution < -0.4 is 40.0 Å². The zero-order valence-electron chi connectivity index (χ0n) is 9.60. The van der Waals surface area contributed by atoms with Crippen molar-refractivity contribution >= 4 is 27.7 Å². The van der Waals surface area contributed by atoms with Crippen LogP contribution in [0.15, 0.2) is 4.99 Å². The van der Waals surface area contributed by atoms with Crippen molar-refractivity contribution in [1.82, 2.24) is 5.32 Å². The summed E-state index contributed by atoms with van der Waals surface area (Å²) in [6, 6.07) is -1.11. The summed E-state index contributed by atoms with van der Waals surface area (Å²) in [7, 11) is -3.87. The van der Waals surface area contributed by atoms with Gasteiger partial charge in [0.1, 0.15) is 0 Å². The number of sulfone groups is 1. The number of aliphatic imine (C=N–C) groups is 1. The Hall–Kier alpha value is -0.440. The predicted molar refractivity (Wildman–Crippen MR) is 53.1 cm³/mol. The number of hydrogen-bond donors (Lipinski definition) is 1. The number of nitrogens with one attached hydrogen (secondary N) is 1. The van der Waals surface area contributed by atoms with Gasteiger partial charge in [-0.2, -0.15) is 0 Å². The number of nitrogens with zero attached hydrogens (tertiary/aromatic N) is 1. The van der Waals surface area contributed by atoms with Crippen molar-refractivity contribution in [3.05, 3.63) is 0 Å². The number of amidine groups is 1. The first-order valence-electron chi connectivity index (χ1n) is 4.70. The van der Waals surface area contributed by atoms with E-state index >= 15 is 0 Å². The first-order chi connectivity index (χ1) is 7.38. The molecule has 0 fully saturated rings. The summed E-state index contributed by atoms with van der Waals surface area (Å²) < 4.78 is 23.2. The first kappa shape index (κ1) is 16.6. The predicted octanol–water partition coefficient (Wildman–Crippen LogP) is -5.05. The number of rotatable bonds is 4. The van der Waals surface area contributed by atoms with E-state index in [-0.39, 0.29) is 35.3 Å². The summed E-state index contributed by atoms with van der Waals surface area (Å²) in [5.74, 6) is -2.58. The maximum absolute atomic E-state index is 11.6. The van der Waals surface area contributed by atoms with Crippen LogP contribution in [0.4, 0.5) is 0 Å².